The number of halogens is 1. The molecule has 3 heterocycles. The van der Waals surface area contributed by atoms with Crippen LogP contribution < -0.4 is 0 Å². The molecule has 1 aliphatic heterocycles. The fraction of sp³-hybridized carbons (Fsp3) is 0.273. The number of piperidine rings is 1. The number of aromatic nitrogens is 3. The zero-order valence-electron chi connectivity index (χ0n) is 15.5. The summed E-state index contributed by atoms with van der Waals surface area (Å²) in [5.41, 5.74) is 3.34. The first-order chi connectivity index (χ1) is 13.7. The summed E-state index contributed by atoms with van der Waals surface area (Å²) in [6.45, 7) is 1.35. The molecule has 1 atom stereocenters. The molecule has 142 valence electrons. The van der Waals surface area contributed by atoms with E-state index >= 15 is 0 Å². The van der Waals surface area contributed by atoms with Crippen molar-refractivity contribution in [2.45, 2.75) is 25.2 Å². The normalized spacial score (nSPS) is 16.8. The molecule has 0 radical (unpaired) electrons. The molecule has 0 spiro atoms. The molecule has 0 unspecified atom stereocenters. The van der Waals surface area contributed by atoms with Gasteiger partial charge in [0.25, 0.3) is 5.91 Å². The number of nitrogens with zero attached hydrogens (tertiary/aromatic N) is 4. The van der Waals surface area contributed by atoms with E-state index in [9.17, 15) is 9.18 Å². The number of carbonyl (C=O) groups is 1. The Bertz CT molecular complexity index is 946. The van der Waals surface area contributed by atoms with Crippen molar-refractivity contribution in [2.24, 2.45) is 0 Å². The fourth-order valence-electron chi connectivity index (χ4n) is 3.61. The quantitative estimate of drug-likeness (QED) is 0.698. The maximum Gasteiger partial charge on any atom is 0.274 e. The molecule has 28 heavy (non-hydrogen) atoms. The summed E-state index contributed by atoms with van der Waals surface area (Å²) in [7, 11) is 0. The van der Waals surface area contributed by atoms with E-state index in [1.165, 1.54) is 24.5 Å². The molecule has 0 saturated carbocycles. The highest BCUT2D eigenvalue weighted by molar-refractivity contribution is 5.92. The Labute approximate surface area is 163 Å². The van der Waals surface area contributed by atoms with Gasteiger partial charge in [-0.3, -0.25) is 14.8 Å². The largest absolute Gasteiger partial charge is 0.337 e. The van der Waals surface area contributed by atoms with E-state index in [2.05, 4.69) is 9.97 Å². The van der Waals surface area contributed by atoms with E-state index in [0.717, 1.165) is 36.3 Å². The van der Waals surface area contributed by atoms with Crippen molar-refractivity contribution in [2.75, 3.05) is 13.1 Å². The lowest BCUT2D eigenvalue weighted by Crippen LogP contribution is -2.39. The van der Waals surface area contributed by atoms with E-state index < -0.39 is 0 Å². The smallest absolute Gasteiger partial charge is 0.274 e. The molecule has 3 aromatic rings. The minimum Gasteiger partial charge on any atom is -0.337 e. The van der Waals surface area contributed by atoms with E-state index in [0.29, 0.717) is 18.7 Å². The second kappa shape index (κ2) is 8.25. The third kappa shape index (κ3) is 4.22. The first-order valence-corrected chi connectivity index (χ1v) is 9.44. The van der Waals surface area contributed by atoms with E-state index in [-0.39, 0.29) is 17.6 Å². The Morgan fingerprint density at radius 1 is 1.14 bits per heavy atom. The molecule has 0 bridgehead atoms. The molecular formula is C22H21FN4O. The van der Waals surface area contributed by atoms with Gasteiger partial charge in [0.2, 0.25) is 0 Å². The Morgan fingerprint density at radius 3 is 2.79 bits per heavy atom. The maximum atomic E-state index is 13.1. The molecule has 1 aromatic carbocycles. The molecule has 5 nitrogen and oxygen atoms in total. The highest BCUT2D eigenvalue weighted by Crippen LogP contribution is 2.27. The summed E-state index contributed by atoms with van der Waals surface area (Å²) in [5, 5.41) is 0. The molecule has 4 rings (SSSR count). The Balaban J connectivity index is 1.47. The highest BCUT2D eigenvalue weighted by Gasteiger charge is 2.27. The molecule has 1 amide bonds. The van der Waals surface area contributed by atoms with Crippen LogP contribution in [0.25, 0.3) is 0 Å². The fourth-order valence-corrected chi connectivity index (χ4v) is 3.61. The number of amides is 1. The lowest BCUT2D eigenvalue weighted by Gasteiger charge is -2.32. The molecular weight excluding hydrogens is 355 g/mol. The summed E-state index contributed by atoms with van der Waals surface area (Å²) in [4.78, 5) is 27.5. The van der Waals surface area contributed by atoms with Crippen LogP contribution in [0.4, 0.5) is 4.39 Å². The van der Waals surface area contributed by atoms with Crippen molar-refractivity contribution in [1.82, 2.24) is 19.9 Å². The number of pyridine rings is 1. The molecule has 1 aliphatic rings. The second-order valence-corrected chi connectivity index (χ2v) is 7.04. The highest BCUT2D eigenvalue weighted by atomic mass is 19.1. The standard InChI is InChI=1S/C22H21FN4O/c23-18-8-6-16(7-9-18)13-19-4-1-5-20(26-19)17-3-2-12-27(15-17)22(28)21-14-24-10-11-25-21/h1,4-11,14,17H,2-3,12-13,15H2/t17-/m1/s1. The van der Waals surface area contributed by atoms with Crippen LogP contribution in [0.1, 0.15) is 46.2 Å². The first-order valence-electron chi connectivity index (χ1n) is 9.44. The minimum atomic E-state index is -0.236. The van der Waals surface area contributed by atoms with Gasteiger partial charge in [-0.25, -0.2) is 9.37 Å². The Kier molecular flexibility index (Phi) is 5.37. The lowest BCUT2D eigenvalue weighted by molar-refractivity contribution is 0.0699. The predicted molar refractivity (Wildman–Crippen MR) is 103 cm³/mol. The van der Waals surface area contributed by atoms with Gasteiger partial charge in [0, 0.05) is 49.2 Å². The number of hydrogen-bond donors (Lipinski definition) is 0. The van der Waals surface area contributed by atoms with Crippen molar-refractivity contribution >= 4 is 5.91 Å². The van der Waals surface area contributed by atoms with Gasteiger partial charge in [-0.1, -0.05) is 18.2 Å². The summed E-state index contributed by atoms with van der Waals surface area (Å²) in [5.74, 6) is -0.122. The van der Waals surface area contributed by atoms with Crippen LogP contribution in [-0.2, 0) is 6.42 Å². The van der Waals surface area contributed by atoms with Crippen molar-refractivity contribution < 1.29 is 9.18 Å². The summed E-state index contributed by atoms with van der Waals surface area (Å²) >= 11 is 0. The van der Waals surface area contributed by atoms with E-state index in [4.69, 9.17) is 4.98 Å². The molecule has 0 N–H and O–H groups in total. The summed E-state index contributed by atoms with van der Waals surface area (Å²) in [6, 6.07) is 12.5. The summed E-state index contributed by atoms with van der Waals surface area (Å²) in [6.07, 6.45) is 7.19. The van der Waals surface area contributed by atoms with Crippen molar-refractivity contribution in [3.05, 3.63) is 89.5 Å². The lowest BCUT2D eigenvalue weighted by atomic mass is 9.93. The van der Waals surface area contributed by atoms with Crippen molar-refractivity contribution in [1.29, 1.82) is 0 Å². The van der Waals surface area contributed by atoms with E-state index in [1.54, 1.807) is 18.3 Å². The van der Waals surface area contributed by atoms with Crippen LogP contribution in [0.3, 0.4) is 0 Å². The summed E-state index contributed by atoms with van der Waals surface area (Å²) < 4.78 is 13.1. The minimum absolute atomic E-state index is 0.0831. The van der Waals surface area contributed by atoms with Crippen LogP contribution in [-0.4, -0.2) is 38.8 Å². The average molecular weight is 376 g/mol. The molecule has 0 aliphatic carbocycles. The number of likely N-dealkylation sites (tertiary alicyclic amines) is 1. The average Bonchev–Trinajstić information content (AvgIpc) is 2.76. The second-order valence-electron chi connectivity index (χ2n) is 7.04. The first kappa shape index (κ1) is 18.2. The van der Waals surface area contributed by atoms with Gasteiger partial charge in [-0.15, -0.1) is 0 Å². The number of hydrogen-bond acceptors (Lipinski definition) is 4. The van der Waals surface area contributed by atoms with Gasteiger partial charge in [-0.05, 0) is 42.7 Å². The zero-order chi connectivity index (χ0) is 19.3. The Morgan fingerprint density at radius 2 is 2.00 bits per heavy atom. The van der Waals surface area contributed by atoms with Crippen LogP contribution in [0.2, 0.25) is 0 Å². The third-order valence-electron chi connectivity index (χ3n) is 5.04. The van der Waals surface area contributed by atoms with Gasteiger partial charge in [0.05, 0.1) is 6.20 Å². The van der Waals surface area contributed by atoms with Gasteiger partial charge in [-0.2, -0.15) is 0 Å². The molecule has 2 aromatic heterocycles. The van der Waals surface area contributed by atoms with Crippen LogP contribution in [0, 0.1) is 5.82 Å². The molecule has 1 fully saturated rings. The van der Waals surface area contributed by atoms with Gasteiger partial charge < -0.3 is 4.90 Å². The number of carbonyl (C=O) groups excluding carboxylic acids is 1. The van der Waals surface area contributed by atoms with Gasteiger partial charge in [0.15, 0.2) is 0 Å². The Hall–Kier alpha value is -3.15. The third-order valence-corrected chi connectivity index (χ3v) is 5.04. The van der Waals surface area contributed by atoms with Crippen molar-refractivity contribution in [3.63, 3.8) is 0 Å². The van der Waals surface area contributed by atoms with Gasteiger partial charge >= 0.3 is 0 Å². The van der Waals surface area contributed by atoms with Crippen LogP contribution in [0.5, 0.6) is 0 Å². The SMILES string of the molecule is O=C(c1cnccn1)N1CCC[C@@H](c2cccc(Cc3ccc(F)cc3)n2)C1. The monoisotopic (exact) mass is 376 g/mol. The maximum absolute atomic E-state index is 13.1. The van der Waals surface area contributed by atoms with Crippen LogP contribution >= 0.6 is 0 Å². The zero-order valence-corrected chi connectivity index (χ0v) is 15.5. The predicted octanol–water partition coefficient (Wildman–Crippen LogP) is 3.62. The molecule has 6 heteroatoms. The van der Waals surface area contributed by atoms with E-state index in [1.807, 2.05) is 23.1 Å². The topological polar surface area (TPSA) is 59.0 Å². The van der Waals surface area contributed by atoms with Crippen molar-refractivity contribution in [3.8, 4) is 0 Å². The number of benzene rings is 1. The number of rotatable bonds is 4. The van der Waals surface area contributed by atoms with Gasteiger partial charge in [0.1, 0.15) is 11.5 Å². The molecule has 1 saturated heterocycles. The van der Waals surface area contributed by atoms with Crippen LogP contribution in [0.15, 0.2) is 61.1 Å².